The smallest absolute Gasteiger partial charge is 0.296 e. The normalized spacial score (nSPS) is 11.0. The molecule has 0 aliphatic rings. The highest BCUT2D eigenvalue weighted by Crippen LogP contribution is 2.24. The zero-order valence-corrected chi connectivity index (χ0v) is 15.0. The van der Waals surface area contributed by atoms with E-state index in [1.165, 1.54) is 27.6 Å². The summed E-state index contributed by atoms with van der Waals surface area (Å²) in [4.78, 5) is 24.5. The first-order valence-electron chi connectivity index (χ1n) is 7.17. The zero-order valence-electron chi connectivity index (χ0n) is 13.4. The number of thioether (sulfide) groups is 1. The molecule has 1 N–H and O–H groups in total. The lowest BCUT2D eigenvalue weighted by molar-refractivity contribution is -0.113. The minimum absolute atomic E-state index is 0.119. The lowest BCUT2D eigenvalue weighted by atomic mass is 10.1. The zero-order chi connectivity index (χ0) is 17.3. The molecule has 24 heavy (non-hydrogen) atoms. The number of carbonyl (C=O) groups excluding carboxylic acids is 1. The third kappa shape index (κ3) is 3.31. The maximum atomic E-state index is 12.2. The maximum Gasteiger partial charge on any atom is 0.296 e. The molecule has 0 saturated carbocycles. The summed E-state index contributed by atoms with van der Waals surface area (Å²) in [6, 6.07) is 5.87. The monoisotopic (exact) mass is 361 g/mol. The molecule has 7 nitrogen and oxygen atoms in total. The summed E-state index contributed by atoms with van der Waals surface area (Å²) in [5.41, 5.74) is 2.88. The van der Waals surface area contributed by atoms with Crippen molar-refractivity contribution in [1.82, 2.24) is 19.8 Å². The molecule has 0 spiro atoms. The lowest BCUT2D eigenvalue weighted by Gasteiger charge is -2.10. The van der Waals surface area contributed by atoms with Crippen LogP contribution in [0.2, 0.25) is 0 Å². The number of carbonyl (C=O) groups is 1. The van der Waals surface area contributed by atoms with Gasteiger partial charge in [0.2, 0.25) is 10.9 Å². The molecule has 124 valence electrons. The Morgan fingerprint density at radius 3 is 2.67 bits per heavy atom. The highest BCUT2D eigenvalue weighted by atomic mass is 32.2. The predicted octanol–water partition coefficient (Wildman–Crippen LogP) is 2.20. The van der Waals surface area contributed by atoms with E-state index in [2.05, 4.69) is 20.6 Å². The lowest BCUT2D eigenvalue weighted by Crippen LogP contribution is -2.19. The third-order valence-electron chi connectivity index (χ3n) is 3.40. The van der Waals surface area contributed by atoms with E-state index in [-0.39, 0.29) is 17.2 Å². The van der Waals surface area contributed by atoms with Gasteiger partial charge in [-0.1, -0.05) is 41.3 Å². The number of nitrogens with one attached hydrogen (secondary N) is 1. The molecule has 0 bridgehead atoms. The SMILES string of the molecule is Cc1cccc(C)c1NC(=O)CSc1nn2c(=O)c(C)nnc2s1. The van der Waals surface area contributed by atoms with E-state index in [4.69, 9.17) is 0 Å². The average molecular weight is 361 g/mol. The van der Waals surface area contributed by atoms with Gasteiger partial charge in [-0.3, -0.25) is 9.59 Å². The molecule has 0 unspecified atom stereocenters. The van der Waals surface area contributed by atoms with Gasteiger partial charge in [-0.15, -0.1) is 15.3 Å². The molecule has 0 atom stereocenters. The highest BCUT2D eigenvalue weighted by molar-refractivity contribution is 8.01. The molecule has 2 heterocycles. The van der Waals surface area contributed by atoms with Crippen LogP contribution in [0.5, 0.6) is 0 Å². The molecule has 0 fully saturated rings. The third-order valence-corrected chi connectivity index (χ3v) is 5.43. The van der Waals surface area contributed by atoms with Gasteiger partial charge >= 0.3 is 0 Å². The number of fused-ring (bicyclic) bond motifs is 1. The second kappa shape index (κ2) is 6.70. The number of hydrogen-bond acceptors (Lipinski definition) is 7. The van der Waals surface area contributed by atoms with Crippen LogP contribution in [0.25, 0.3) is 4.96 Å². The van der Waals surface area contributed by atoms with Gasteiger partial charge in [-0.25, -0.2) is 0 Å². The van der Waals surface area contributed by atoms with Crippen molar-refractivity contribution in [2.24, 2.45) is 0 Å². The molecule has 3 aromatic rings. The van der Waals surface area contributed by atoms with E-state index in [0.29, 0.717) is 15.0 Å². The van der Waals surface area contributed by atoms with Gasteiger partial charge in [-0.05, 0) is 31.9 Å². The van der Waals surface area contributed by atoms with E-state index in [9.17, 15) is 9.59 Å². The topological polar surface area (TPSA) is 89.3 Å². The van der Waals surface area contributed by atoms with Gasteiger partial charge in [0.25, 0.3) is 5.56 Å². The summed E-state index contributed by atoms with van der Waals surface area (Å²) >= 11 is 2.50. The average Bonchev–Trinajstić information content (AvgIpc) is 2.97. The summed E-state index contributed by atoms with van der Waals surface area (Å²) in [5, 5.41) is 14.8. The van der Waals surface area contributed by atoms with Crippen molar-refractivity contribution in [2.75, 3.05) is 11.1 Å². The van der Waals surface area contributed by atoms with Crippen LogP contribution in [-0.2, 0) is 4.79 Å². The maximum absolute atomic E-state index is 12.2. The van der Waals surface area contributed by atoms with Crippen LogP contribution >= 0.6 is 23.1 Å². The predicted molar refractivity (Wildman–Crippen MR) is 94.9 cm³/mol. The summed E-state index contributed by atoms with van der Waals surface area (Å²) in [7, 11) is 0. The molecular weight excluding hydrogens is 346 g/mol. The number of nitrogens with zero attached hydrogens (tertiary/aromatic N) is 4. The first-order chi connectivity index (χ1) is 11.5. The van der Waals surface area contributed by atoms with Gasteiger partial charge in [0.05, 0.1) is 5.75 Å². The summed E-state index contributed by atoms with van der Waals surface area (Å²) < 4.78 is 1.82. The molecule has 1 amide bonds. The van der Waals surface area contributed by atoms with Crippen LogP contribution in [0, 0.1) is 20.8 Å². The number of amides is 1. The summed E-state index contributed by atoms with van der Waals surface area (Å²) in [6.45, 7) is 5.50. The highest BCUT2D eigenvalue weighted by Gasteiger charge is 2.12. The Morgan fingerprint density at radius 2 is 1.96 bits per heavy atom. The number of aryl methyl sites for hydroxylation is 3. The van der Waals surface area contributed by atoms with Crippen molar-refractivity contribution in [3.05, 3.63) is 45.4 Å². The van der Waals surface area contributed by atoms with Gasteiger partial charge in [-0.2, -0.15) is 4.52 Å². The minimum Gasteiger partial charge on any atom is -0.325 e. The second-order valence-electron chi connectivity index (χ2n) is 5.26. The molecule has 1 aromatic carbocycles. The van der Waals surface area contributed by atoms with Gasteiger partial charge in [0.15, 0.2) is 4.34 Å². The number of anilines is 1. The standard InChI is InChI=1S/C15H15N5O2S2/c1-8-5-4-6-9(2)12(8)16-11(21)7-23-15-19-20-13(22)10(3)17-18-14(20)24-15/h4-6H,7H2,1-3H3,(H,16,21). The van der Waals surface area contributed by atoms with Crippen molar-refractivity contribution >= 4 is 39.7 Å². The van der Waals surface area contributed by atoms with Gasteiger partial charge in [0.1, 0.15) is 5.69 Å². The van der Waals surface area contributed by atoms with E-state index in [1.54, 1.807) is 6.92 Å². The van der Waals surface area contributed by atoms with Crippen LogP contribution in [-0.4, -0.2) is 31.5 Å². The fraction of sp³-hybridized carbons (Fsp3) is 0.267. The fourth-order valence-electron chi connectivity index (χ4n) is 2.15. The molecule has 0 radical (unpaired) electrons. The Morgan fingerprint density at radius 1 is 1.25 bits per heavy atom. The number of aromatic nitrogens is 4. The van der Waals surface area contributed by atoms with Gasteiger partial charge < -0.3 is 5.32 Å². The number of para-hydroxylation sites is 1. The largest absolute Gasteiger partial charge is 0.325 e. The quantitative estimate of drug-likeness (QED) is 0.717. The second-order valence-corrected chi connectivity index (χ2v) is 7.44. The fourth-order valence-corrected chi connectivity index (χ4v) is 3.82. The Bertz CT molecular complexity index is 959. The van der Waals surface area contributed by atoms with E-state index in [1.807, 2.05) is 32.0 Å². The van der Waals surface area contributed by atoms with Crippen LogP contribution in [0.4, 0.5) is 5.69 Å². The number of hydrogen-bond donors (Lipinski definition) is 1. The minimum atomic E-state index is -0.289. The van der Waals surface area contributed by atoms with Crippen molar-refractivity contribution < 1.29 is 4.79 Å². The van der Waals surface area contributed by atoms with Gasteiger partial charge in [0, 0.05) is 5.69 Å². The molecule has 0 aliphatic heterocycles. The summed E-state index contributed by atoms with van der Waals surface area (Å²) in [5.74, 6) is 0.0839. The molecule has 0 aliphatic carbocycles. The first-order valence-corrected chi connectivity index (χ1v) is 8.98. The van der Waals surface area contributed by atoms with Crippen molar-refractivity contribution in [3.8, 4) is 0 Å². The van der Waals surface area contributed by atoms with Crippen molar-refractivity contribution in [2.45, 2.75) is 25.1 Å². The van der Waals surface area contributed by atoms with Crippen molar-refractivity contribution in [1.29, 1.82) is 0 Å². The van der Waals surface area contributed by atoms with Crippen LogP contribution in [0.3, 0.4) is 0 Å². The Labute approximate surface area is 146 Å². The Kier molecular flexibility index (Phi) is 4.63. The molecule has 9 heteroatoms. The first kappa shape index (κ1) is 16.6. The van der Waals surface area contributed by atoms with E-state index >= 15 is 0 Å². The summed E-state index contributed by atoms with van der Waals surface area (Å²) in [6.07, 6.45) is 0. The molecule has 0 saturated heterocycles. The Hall–Kier alpha value is -2.26. The van der Waals surface area contributed by atoms with Crippen LogP contribution < -0.4 is 10.9 Å². The van der Waals surface area contributed by atoms with E-state index in [0.717, 1.165) is 16.8 Å². The van der Waals surface area contributed by atoms with Crippen molar-refractivity contribution in [3.63, 3.8) is 0 Å². The molecule has 3 rings (SSSR count). The Balaban J connectivity index is 1.71. The number of rotatable bonds is 4. The van der Waals surface area contributed by atoms with Crippen LogP contribution in [0.15, 0.2) is 27.3 Å². The van der Waals surface area contributed by atoms with Crippen LogP contribution in [0.1, 0.15) is 16.8 Å². The molecule has 2 aromatic heterocycles. The number of benzene rings is 1. The van der Waals surface area contributed by atoms with E-state index < -0.39 is 0 Å². The molecular formula is C15H15N5O2S2.